The van der Waals surface area contributed by atoms with Crippen LogP contribution in [0.5, 0.6) is 0 Å². The number of hydrogen-bond donors (Lipinski definition) is 2. The summed E-state index contributed by atoms with van der Waals surface area (Å²) in [6, 6.07) is 5.57. The van der Waals surface area contributed by atoms with Crippen molar-refractivity contribution < 1.29 is 19.2 Å². The van der Waals surface area contributed by atoms with Crippen molar-refractivity contribution in [3.05, 3.63) is 46.1 Å². The average Bonchev–Trinajstić information content (AvgIpc) is 3.09. The zero-order valence-electron chi connectivity index (χ0n) is 15.4. The number of carbonyl (C=O) groups excluding carboxylic acids is 2. The van der Waals surface area contributed by atoms with Gasteiger partial charge in [0.2, 0.25) is 0 Å². The number of anilines is 2. The molecule has 2 aromatic rings. The Hall–Kier alpha value is -3.43. The molecule has 2 N–H and O–H groups in total. The monoisotopic (exact) mass is 375 g/mol. The summed E-state index contributed by atoms with van der Waals surface area (Å²) in [5, 5.41) is 20.5. The minimum absolute atomic E-state index is 0.0208. The molecule has 1 amide bonds. The van der Waals surface area contributed by atoms with E-state index >= 15 is 0 Å². The first-order valence-electron chi connectivity index (χ1n) is 8.26. The van der Waals surface area contributed by atoms with Crippen LogP contribution in [0.1, 0.15) is 37.2 Å². The van der Waals surface area contributed by atoms with Gasteiger partial charge in [-0.2, -0.15) is 5.10 Å². The number of carbonyl (C=O) groups is 2. The molecule has 1 aromatic carbocycles. The highest BCUT2D eigenvalue weighted by molar-refractivity contribution is 5.97. The van der Waals surface area contributed by atoms with Crippen molar-refractivity contribution in [2.45, 2.75) is 32.9 Å². The zero-order chi connectivity index (χ0) is 20.1. The molecule has 0 unspecified atom stereocenters. The van der Waals surface area contributed by atoms with Crippen molar-refractivity contribution in [2.75, 3.05) is 17.7 Å². The number of amides is 1. The van der Waals surface area contributed by atoms with Crippen LogP contribution in [0.25, 0.3) is 0 Å². The van der Waals surface area contributed by atoms with Gasteiger partial charge in [-0.25, -0.2) is 9.48 Å². The lowest BCUT2D eigenvalue weighted by Crippen LogP contribution is -2.31. The molecule has 1 aromatic heterocycles. The highest BCUT2D eigenvalue weighted by Crippen LogP contribution is 2.25. The molecule has 0 radical (unpaired) electrons. The molecular formula is C17H21N5O5. The molecule has 0 fully saturated rings. The van der Waals surface area contributed by atoms with Crippen LogP contribution in [0.4, 0.5) is 17.2 Å². The van der Waals surface area contributed by atoms with Gasteiger partial charge in [-0.3, -0.25) is 14.9 Å². The van der Waals surface area contributed by atoms with Crippen molar-refractivity contribution in [3.8, 4) is 0 Å². The van der Waals surface area contributed by atoms with Crippen LogP contribution in [0.2, 0.25) is 0 Å². The van der Waals surface area contributed by atoms with Gasteiger partial charge >= 0.3 is 5.97 Å². The first-order chi connectivity index (χ1) is 12.7. The predicted molar refractivity (Wildman–Crippen MR) is 98.8 cm³/mol. The number of rotatable bonds is 7. The molecule has 144 valence electrons. The van der Waals surface area contributed by atoms with Crippen molar-refractivity contribution in [1.29, 1.82) is 0 Å². The number of nitrogens with zero attached hydrogens (tertiary/aromatic N) is 3. The Morgan fingerprint density at radius 3 is 2.56 bits per heavy atom. The smallest absolute Gasteiger partial charge is 0.339 e. The standard InChI is InChI=1S/C17H21N5O5/c1-10(2)21-15(7-8-19-21)20-16(23)11(3)27-17(24)12-5-6-13(18-4)14(9-12)22(25)26/h5-11,18H,1-4H3,(H,20,23)/t11-/m0/s1. The van der Waals surface area contributed by atoms with Gasteiger partial charge in [0, 0.05) is 25.2 Å². The third-order valence-electron chi connectivity index (χ3n) is 3.76. The lowest BCUT2D eigenvalue weighted by Gasteiger charge is -2.16. The Balaban J connectivity index is 2.08. The molecule has 0 saturated carbocycles. The van der Waals surface area contributed by atoms with Gasteiger partial charge < -0.3 is 15.4 Å². The third-order valence-corrected chi connectivity index (χ3v) is 3.76. The van der Waals surface area contributed by atoms with E-state index in [0.29, 0.717) is 5.82 Å². The second-order valence-electron chi connectivity index (χ2n) is 6.03. The molecular weight excluding hydrogens is 354 g/mol. The van der Waals surface area contributed by atoms with E-state index in [-0.39, 0.29) is 23.0 Å². The molecule has 1 atom stereocenters. The molecule has 10 nitrogen and oxygen atoms in total. The minimum atomic E-state index is -1.10. The number of aromatic nitrogens is 2. The van der Waals surface area contributed by atoms with Crippen molar-refractivity contribution in [3.63, 3.8) is 0 Å². The van der Waals surface area contributed by atoms with Crippen LogP contribution in [0.15, 0.2) is 30.5 Å². The fourth-order valence-electron chi connectivity index (χ4n) is 2.36. The van der Waals surface area contributed by atoms with Gasteiger partial charge in [0.1, 0.15) is 11.5 Å². The maximum absolute atomic E-state index is 12.3. The first kappa shape index (κ1) is 19.9. The second kappa shape index (κ2) is 8.30. The second-order valence-corrected chi connectivity index (χ2v) is 6.03. The predicted octanol–water partition coefficient (Wildman–Crippen LogP) is 2.60. The van der Waals surface area contributed by atoms with Gasteiger partial charge in [-0.1, -0.05) is 0 Å². The number of ether oxygens (including phenoxy) is 1. The number of nitro benzene ring substituents is 1. The summed E-state index contributed by atoms with van der Waals surface area (Å²) in [4.78, 5) is 35.0. The fourth-order valence-corrected chi connectivity index (χ4v) is 2.36. The number of nitrogens with one attached hydrogen (secondary N) is 2. The van der Waals surface area contributed by atoms with E-state index in [1.54, 1.807) is 16.9 Å². The summed E-state index contributed by atoms with van der Waals surface area (Å²) < 4.78 is 6.75. The van der Waals surface area contributed by atoms with Gasteiger partial charge in [0.15, 0.2) is 6.10 Å². The van der Waals surface area contributed by atoms with E-state index < -0.39 is 22.9 Å². The van der Waals surface area contributed by atoms with E-state index in [0.717, 1.165) is 6.07 Å². The lowest BCUT2D eigenvalue weighted by molar-refractivity contribution is -0.384. The summed E-state index contributed by atoms with van der Waals surface area (Å²) in [6.45, 7) is 5.24. The van der Waals surface area contributed by atoms with Crippen molar-refractivity contribution in [2.24, 2.45) is 0 Å². The average molecular weight is 375 g/mol. The molecule has 2 rings (SSSR count). The number of hydrogen-bond acceptors (Lipinski definition) is 7. The first-order valence-corrected chi connectivity index (χ1v) is 8.26. The van der Waals surface area contributed by atoms with Crippen LogP contribution in [-0.2, 0) is 9.53 Å². The molecule has 0 aliphatic heterocycles. The van der Waals surface area contributed by atoms with E-state index in [1.165, 1.54) is 26.1 Å². The molecule has 1 heterocycles. The van der Waals surface area contributed by atoms with Gasteiger partial charge in [0.25, 0.3) is 11.6 Å². The highest BCUT2D eigenvalue weighted by Gasteiger charge is 2.23. The third kappa shape index (κ3) is 4.60. The maximum Gasteiger partial charge on any atom is 0.339 e. The Morgan fingerprint density at radius 2 is 1.96 bits per heavy atom. The largest absolute Gasteiger partial charge is 0.449 e. The Morgan fingerprint density at radius 1 is 1.26 bits per heavy atom. The molecule has 0 bridgehead atoms. The molecule has 0 aliphatic carbocycles. The Labute approximate surface area is 155 Å². The highest BCUT2D eigenvalue weighted by atomic mass is 16.6. The minimum Gasteiger partial charge on any atom is -0.449 e. The van der Waals surface area contributed by atoms with Crippen LogP contribution < -0.4 is 10.6 Å². The molecule has 27 heavy (non-hydrogen) atoms. The maximum atomic E-state index is 12.3. The molecule has 10 heteroatoms. The van der Waals surface area contributed by atoms with E-state index in [4.69, 9.17) is 4.74 Å². The topological polar surface area (TPSA) is 128 Å². The number of benzene rings is 1. The molecule has 0 spiro atoms. The SMILES string of the molecule is CNc1ccc(C(=O)O[C@@H](C)C(=O)Nc2ccnn2C(C)C)cc1[N+](=O)[O-]. The van der Waals surface area contributed by atoms with Gasteiger partial charge in [-0.05, 0) is 32.9 Å². The summed E-state index contributed by atoms with van der Waals surface area (Å²) in [5.41, 5.74) is -0.0123. The normalized spacial score (nSPS) is 11.7. The number of esters is 1. The van der Waals surface area contributed by atoms with Crippen LogP contribution in [-0.4, -0.2) is 39.7 Å². The van der Waals surface area contributed by atoms with Crippen molar-refractivity contribution in [1.82, 2.24) is 9.78 Å². The van der Waals surface area contributed by atoms with Crippen LogP contribution >= 0.6 is 0 Å². The summed E-state index contributed by atoms with van der Waals surface area (Å²) >= 11 is 0. The summed E-state index contributed by atoms with van der Waals surface area (Å²) in [6.07, 6.45) is 0.449. The Bertz CT molecular complexity index is 861. The number of nitro groups is 1. The quantitative estimate of drug-likeness (QED) is 0.432. The summed E-state index contributed by atoms with van der Waals surface area (Å²) in [7, 11) is 1.54. The van der Waals surface area contributed by atoms with Gasteiger partial charge in [-0.15, -0.1) is 0 Å². The van der Waals surface area contributed by atoms with E-state index in [1.807, 2.05) is 13.8 Å². The Kier molecular flexibility index (Phi) is 6.11. The fraction of sp³-hybridized carbons (Fsp3) is 0.353. The summed E-state index contributed by atoms with van der Waals surface area (Å²) in [5.74, 6) is -0.889. The lowest BCUT2D eigenvalue weighted by atomic mass is 10.1. The van der Waals surface area contributed by atoms with Gasteiger partial charge in [0.05, 0.1) is 16.7 Å². The molecule has 0 saturated heterocycles. The van der Waals surface area contributed by atoms with E-state index in [2.05, 4.69) is 15.7 Å². The van der Waals surface area contributed by atoms with E-state index in [9.17, 15) is 19.7 Å². The zero-order valence-corrected chi connectivity index (χ0v) is 15.4. The van der Waals surface area contributed by atoms with Crippen LogP contribution in [0, 0.1) is 10.1 Å². The van der Waals surface area contributed by atoms with Crippen LogP contribution in [0.3, 0.4) is 0 Å². The van der Waals surface area contributed by atoms with Crippen molar-refractivity contribution >= 4 is 29.1 Å². The molecule has 0 aliphatic rings.